The van der Waals surface area contributed by atoms with Crippen molar-refractivity contribution in [1.29, 1.82) is 0 Å². The van der Waals surface area contributed by atoms with Gasteiger partial charge in [-0.25, -0.2) is 12.8 Å². The van der Waals surface area contributed by atoms with Crippen molar-refractivity contribution in [2.45, 2.75) is 4.90 Å². The lowest BCUT2D eigenvalue weighted by Crippen LogP contribution is -2.42. The molecule has 126 valence electrons. The van der Waals surface area contributed by atoms with Gasteiger partial charge in [-0.2, -0.15) is 0 Å². The van der Waals surface area contributed by atoms with E-state index in [-0.39, 0.29) is 0 Å². The third kappa shape index (κ3) is 3.89. The van der Waals surface area contributed by atoms with E-state index in [2.05, 4.69) is 0 Å². The Kier molecular flexibility index (Phi) is 5.38. The van der Waals surface area contributed by atoms with Crippen LogP contribution in [0.1, 0.15) is 0 Å². The molecule has 0 spiro atoms. The number of carbonyl (C=O) groups is 1. The molecule has 23 heavy (non-hydrogen) atoms. The fourth-order valence-corrected chi connectivity index (χ4v) is 3.71. The molecule has 1 heterocycles. The molecule has 1 amide bonds. The molecule has 0 radical (unpaired) electrons. The van der Waals surface area contributed by atoms with Crippen LogP contribution in [0.5, 0.6) is 0 Å². The van der Waals surface area contributed by atoms with Gasteiger partial charge in [0.2, 0.25) is 9.84 Å². The van der Waals surface area contributed by atoms with Crippen LogP contribution in [0, 0.1) is 5.82 Å². The molecule has 8 heteroatoms. The van der Waals surface area contributed by atoms with E-state index in [0.717, 1.165) is 12.1 Å². The maximum absolute atomic E-state index is 13.9. The van der Waals surface area contributed by atoms with Gasteiger partial charge in [0.15, 0.2) is 4.91 Å². The molecule has 1 aliphatic heterocycles. The molecule has 2 rings (SSSR count). The highest BCUT2D eigenvalue weighted by Crippen LogP contribution is 2.24. The van der Waals surface area contributed by atoms with Crippen LogP contribution in [0.4, 0.5) is 4.39 Å². The van der Waals surface area contributed by atoms with E-state index in [9.17, 15) is 17.6 Å². The topological polar surface area (TPSA) is 66.9 Å². The average molecular weight is 342 g/mol. The Labute approximate surface area is 135 Å². The van der Waals surface area contributed by atoms with Gasteiger partial charge >= 0.3 is 0 Å². The van der Waals surface area contributed by atoms with Gasteiger partial charge in [0.25, 0.3) is 5.91 Å². The lowest BCUT2D eigenvalue weighted by atomic mass is 10.3. The van der Waals surface area contributed by atoms with Crippen LogP contribution in [0.2, 0.25) is 0 Å². The predicted molar refractivity (Wildman–Crippen MR) is 82.8 cm³/mol. The van der Waals surface area contributed by atoms with Crippen molar-refractivity contribution >= 4 is 15.7 Å². The third-order valence-corrected chi connectivity index (χ3v) is 5.07. The number of hydrogen-bond acceptors (Lipinski definition) is 5. The zero-order valence-electron chi connectivity index (χ0n) is 13.0. The first kappa shape index (κ1) is 17.4. The van der Waals surface area contributed by atoms with E-state index in [0.29, 0.717) is 26.3 Å². The summed E-state index contributed by atoms with van der Waals surface area (Å²) < 4.78 is 44.6. The summed E-state index contributed by atoms with van der Waals surface area (Å²) in [6.45, 7) is 1.30. The zero-order chi connectivity index (χ0) is 17.0. The Hall–Kier alpha value is -1.93. The van der Waals surface area contributed by atoms with Crippen LogP contribution in [0.25, 0.3) is 0 Å². The summed E-state index contributed by atoms with van der Waals surface area (Å²) in [6.07, 6.45) is 1.21. The molecule has 1 aliphatic rings. The molecule has 6 nitrogen and oxygen atoms in total. The minimum absolute atomic E-state index is 0.302. The van der Waals surface area contributed by atoms with Crippen molar-refractivity contribution in [2.75, 3.05) is 40.4 Å². The van der Waals surface area contributed by atoms with E-state index in [4.69, 9.17) is 4.74 Å². The minimum atomic E-state index is -4.26. The fraction of sp³-hybridized carbons (Fsp3) is 0.400. The summed E-state index contributed by atoms with van der Waals surface area (Å²) in [5, 5.41) is 0. The standard InChI is InChI=1S/C15H19FN2O4S/c1-17(2)11-14(15(19)18-7-9-22-10-8-18)23(20,21)13-6-4-3-5-12(13)16/h3-6,11H,7-10H2,1-2H3. The quantitative estimate of drug-likeness (QED) is 0.760. The molecule has 1 aromatic rings. The first-order valence-electron chi connectivity index (χ1n) is 7.09. The Morgan fingerprint density at radius 1 is 1.26 bits per heavy atom. The number of morpholine rings is 1. The van der Waals surface area contributed by atoms with Crippen molar-refractivity contribution in [2.24, 2.45) is 0 Å². The highest BCUT2D eigenvalue weighted by Gasteiger charge is 2.33. The number of sulfone groups is 1. The summed E-state index contributed by atoms with van der Waals surface area (Å²) in [4.78, 5) is 14.5. The van der Waals surface area contributed by atoms with E-state index in [1.807, 2.05) is 0 Å². The molecule has 1 aromatic carbocycles. The maximum Gasteiger partial charge on any atom is 0.267 e. The van der Waals surface area contributed by atoms with Crippen molar-refractivity contribution in [1.82, 2.24) is 9.80 Å². The smallest absolute Gasteiger partial charge is 0.267 e. The van der Waals surface area contributed by atoms with Gasteiger partial charge in [-0.3, -0.25) is 4.79 Å². The highest BCUT2D eigenvalue weighted by atomic mass is 32.2. The van der Waals surface area contributed by atoms with Crippen LogP contribution >= 0.6 is 0 Å². The number of hydrogen-bond donors (Lipinski definition) is 0. The molecule has 0 N–H and O–H groups in total. The number of amides is 1. The van der Waals surface area contributed by atoms with Crippen LogP contribution in [0.15, 0.2) is 40.3 Å². The second kappa shape index (κ2) is 7.10. The molecule has 0 aliphatic carbocycles. The summed E-state index contributed by atoms with van der Waals surface area (Å²) in [6, 6.07) is 5.02. The molecule has 0 aromatic heterocycles. The average Bonchev–Trinajstić information content (AvgIpc) is 2.53. The SMILES string of the molecule is CN(C)C=C(C(=O)N1CCOCC1)S(=O)(=O)c1ccccc1F. The van der Waals surface area contributed by atoms with Crippen molar-refractivity contribution in [3.63, 3.8) is 0 Å². The van der Waals surface area contributed by atoms with Gasteiger partial charge in [-0.1, -0.05) is 12.1 Å². The lowest BCUT2D eigenvalue weighted by Gasteiger charge is -2.28. The fourth-order valence-electron chi connectivity index (χ4n) is 2.18. The van der Waals surface area contributed by atoms with Crippen LogP contribution in [-0.4, -0.2) is 64.5 Å². The van der Waals surface area contributed by atoms with Crippen molar-refractivity contribution in [3.05, 3.63) is 41.2 Å². The summed E-state index contributed by atoms with van der Waals surface area (Å²) in [5.41, 5.74) is 0. The molecular weight excluding hydrogens is 323 g/mol. The van der Waals surface area contributed by atoms with E-state index in [1.165, 1.54) is 28.1 Å². The molecular formula is C15H19FN2O4S. The second-order valence-corrected chi connectivity index (χ2v) is 7.18. The first-order valence-corrected chi connectivity index (χ1v) is 8.57. The Bertz CT molecular complexity index is 710. The van der Waals surface area contributed by atoms with Gasteiger partial charge < -0.3 is 14.5 Å². The van der Waals surface area contributed by atoms with Gasteiger partial charge in [-0.05, 0) is 12.1 Å². The van der Waals surface area contributed by atoms with Crippen LogP contribution in [-0.2, 0) is 19.4 Å². The molecule has 0 unspecified atom stereocenters. The molecule has 1 saturated heterocycles. The molecule has 0 saturated carbocycles. The summed E-state index contributed by atoms with van der Waals surface area (Å²) in [5.74, 6) is -1.53. The lowest BCUT2D eigenvalue weighted by molar-refractivity contribution is -0.130. The monoisotopic (exact) mass is 342 g/mol. The van der Waals surface area contributed by atoms with E-state index < -0.39 is 31.4 Å². The third-order valence-electron chi connectivity index (χ3n) is 3.30. The van der Waals surface area contributed by atoms with E-state index in [1.54, 1.807) is 14.1 Å². The number of nitrogens with zero attached hydrogens (tertiary/aromatic N) is 2. The van der Waals surface area contributed by atoms with Crippen LogP contribution in [0.3, 0.4) is 0 Å². The number of benzene rings is 1. The summed E-state index contributed by atoms with van der Waals surface area (Å²) >= 11 is 0. The Morgan fingerprint density at radius 3 is 2.43 bits per heavy atom. The Morgan fingerprint density at radius 2 is 1.87 bits per heavy atom. The Balaban J connectivity index is 2.46. The van der Waals surface area contributed by atoms with Gasteiger partial charge in [0.1, 0.15) is 10.7 Å². The predicted octanol–water partition coefficient (Wildman–Crippen LogP) is 0.861. The molecule has 0 atom stereocenters. The maximum atomic E-state index is 13.9. The summed E-state index contributed by atoms with van der Waals surface area (Å²) in [7, 11) is -1.06. The van der Waals surface area contributed by atoms with Gasteiger partial charge in [0, 0.05) is 33.4 Å². The van der Waals surface area contributed by atoms with Crippen molar-refractivity contribution < 1.29 is 22.3 Å². The second-order valence-electron chi connectivity index (χ2n) is 5.30. The van der Waals surface area contributed by atoms with E-state index >= 15 is 0 Å². The number of carbonyl (C=O) groups excluding carboxylic acids is 1. The molecule has 1 fully saturated rings. The highest BCUT2D eigenvalue weighted by molar-refractivity contribution is 7.96. The zero-order valence-corrected chi connectivity index (χ0v) is 13.8. The van der Waals surface area contributed by atoms with Gasteiger partial charge in [-0.15, -0.1) is 0 Å². The first-order chi connectivity index (χ1) is 10.8. The number of halogens is 1. The minimum Gasteiger partial charge on any atom is -0.382 e. The molecule has 0 bridgehead atoms. The number of ether oxygens (including phenoxy) is 1. The van der Waals surface area contributed by atoms with Gasteiger partial charge in [0.05, 0.1) is 13.2 Å². The van der Waals surface area contributed by atoms with Crippen LogP contribution < -0.4 is 0 Å². The largest absolute Gasteiger partial charge is 0.382 e. The number of rotatable bonds is 4. The normalized spacial score (nSPS) is 16.3. The van der Waals surface area contributed by atoms with Crippen molar-refractivity contribution in [3.8, 4) is 0 Å².